The van der Waals surface area contributed by atoms with Gasteiger partial charge in [0.25, 0.3) is 0 Å². The summed E-state index contributed by atoms with van der Waals surface area (Å²) in [6, 6.07) is 4.11. The van der Waals surface area contributed by atoms with Crippen LogP contribution < -0.4 is 10.6 Å². The van der Waals surface area contributed by atoms with Gasteiger partial charge in [-0.3, -0.25) is 0 Å². The summed E-state index contributed by atoms with van der Waals surface area (Å²) in [5.41, 5.74) is -0.925. The number of fused-ring (bicyclic) bond motifs is 1. The second kappa shape index (κ2) is 5.40. The number of rotatable bonds is 1. The van der Waals surface area contributed by atoms with Crippen molar-refractivity contribution in [3.8, 4) is 0 Å². The number of aliphatic imine (C=N–C) groups is 1. The maximum absolute atomic E-state index is 13.0. The van der Waals surface area contributed by atoms with Gasteiger partial charge in [0.1, 0.15) is 0 Å². The van der Waals surface area contributed by atoms with Crippen molar-refractivity contribution in [2.45, 2.75) is 43.9 Å². The third kappa shape index (κ3) is 2.95. The predicted octanol–water partition coefficient (Wildman–Crippen LogP) is 4.04. The first-order chi connectivity index (χ1) is 9.95. The molecule has 0 spiro atoms. The molecule has 2 atom stereocenters. The Hall–Kier alpha value is -1.43. The predicted molar refractivity (Wildman–Crippen MR) is 76.7 cm³/mol. The van der Waals surface area contributed by atoms with Gasteiger partial charge in [-0.15, -0.1) is 0 Å². The minimum Gasteiger partial charge on any atom is -0.351 e. The van der Waals surface area contributed by atoms with E-state index < -0.39 is 11.7 Å². The number of alkyl halides is 3. The number of anilines is 1. The Morgan fingerprint density at radius 2 is 2.00 bits per heavy atom. The van der Waals surface area contributed by atoms with E-state index in [1.165, 1.54) is 12.1 Å². The lowest BCUT2D eigenvalue weighted by molar-refractivity contribution is -0.136. The van der Waals surface area contributed by atoms with Gasteiger partial charge in [0.15, 0.2) is 5.96 Å². The zero-order valence-corrected chi connectivity index (χ0v) is 11.9. The minimum absolute atomic E-state index is 0.0317. The van der Waals surface area contributed by atoms with E-state index in [0.29, 0.717) is 5.96 Å². The van der Waals surface area contributed by atoms with E-state index in [0.717, 1.165) is 31.7 Å². The highest BCUT2D eigenvalue weighted by Crippen LogP contribution is 2.38. The number of hydrogen-bond donors (Lipinski definition) is 2. The smallest absolute Gasteiger partial charge is 0.351 e. The Bertz CT molecular complexity index is 571. The molecule has 7 heteroatoms. The lowest BCUT2D eigenvalue weighted by Gasteiger charge is -2.23. The molecule has 0 radical (unpaired) electrons. The molecule has 0 bridgehead atoms. The number of nitrogens with one attached hydrogen (secondary N) is 2. The maximum atomic E-state index is 13.0. The Morgan fingerprint density at radius 3 is 2.71 bits per heavy atom. The summed E-state index contributed by atoms with van der Waals surface area (Å²) < 4.78 is 39.1. The van der Waals surface area contributed by atoms with Crippen LogP contribution in [0.3, 0.4) is 0 Å². The average molecular weight is 318 g/mol. The highest BCUT2D eigenvalue weighted by molar-refractivity contribution is 6.34. The Balaban J connectivity index is 1.85. The lowest BCUT2D eigenvalue weighted by Crippen LogP contribution is -2.39. The zero-order chi connectivity index (χ0) is 15.0. The number of hydrogen-bond acceptors (Lipinski definition) is 3. The molecule has 3 nitrogen and oxygen atoms in total. The van der Waals surface area contributed by atoms with Crippen molar-refractivity contribution in [2.24, 2.45) is 4.99 Å². The van der Waals surface area contributed by atoms with Gasteiger partial charge in [-0.2, -0.15) is 13.2 Å². The van der Waals surface area contributed by atoms with Crippen LogP contribution in [-0.2, 0) is 6.18 Å². The summed E-state index contributed by atoms with van der Waals surface area (Å²) in [5.74, 6) is 0.380. The van der Waals surface area contributed by atoms with E-state index in [4.69, 9.17) is 11.6 Å². The fourth-order valence-electron chi connectivity index (χ4n) is 2.89. The third-order valence-corrected chi connectivity index (χ3v) is 4.22. The van der Waals surface area contributed by atoms with Crippen molar-refractivity contribution >= 4 is 23.2 Å². The Kier molecular flexibility index (Phi) is 3.73. The fraction of sp³-hybridized carbons (Fsp3) is 0.500. The first kappa shape index (κ1) is 14.5. The van der Waals surface area contributed by atoms with Gasteiger partial charge in [0.2, 0.25) is 0 Å². The lowest BCUT2D eigenvalue weighted by atomic mass is 9.92. The molecule has 1 unspecified atom stereocenters. The van der Waals surface area contributed by atoms with Crippen molar-refractivity contribution in [1.29, 1.82) is 0 Å². The Labute approximate surface area is 125 Å². The van der Waals surface area contributed by atoms with Gasteiger partial charge < -0.3 is 10.6 Å². The molecule has 0 amide bonds. The summed E-state index contributed by atoms with van der Waals surface area (Å²) in [5, 5.41) is 5.92. The van der Waals surface area contributed by atoms with Crippen LogP contribution in [0.4, 0.5) is 18.9 Å². The summed E-state index contributed by atoms with van der Waals surface area (Å²) in [6.45, 7) is 0. The van der Waals surface area contributed by atoms with Gasteiger partial charge in [-0.25, -0.2) is 4.99 Å². The van der Waals surface area contributed by atoms with E-state index in [2.05, 4.69) is 15.6 Å². The van der Waals surface area contributed by atoms with Gasteiger partial charge in [-0.1, -0.05) is 30.5 Å². The number of guanidine groups is 1. The maximum Gasteiger partial charge on any atom is 0.418 e. The molecule has 21 heavy (non-hydrogen) atoms. The van der Waals surface area contributed by atoms with Gasteiger partial charge in [-0.05, 0) is 25.0 Å². The van der Waals surface area contributed by atoms with Crippen LogP contribution >= 0.6 is 11.6 Å². The SMILES string of the molecule is FC(F)(F)c1cccc(Cl)c1NC1=NC2CCCC[C@@H]2N1. The van der Waals surface area contributed by atoms with E-state index in [1.807, 2.05) is 0 Å². The highest BCUT2D eigenvalue weighted by Gasteiger charge is 2.36. The third-order valence-electron chi connectivity index (χ3n) is 3.91. The molecule has 1 saturated carbocycles. The fourth-order valence-corrected chi connectivity index (χ4v) is 3.11. The molecule has 114 valence electrons. The number of halogens is 4. The molecule has 0 saturated heterocycles. The summed E-state index contributed by atoms with van der Waals surface area (Å²) >= 11 is 5.92. The molecule has 1 aliphatic heterocycles. The van der Waals surface area contributed by atoms with Crippen molar-refractivity contribution in [2.75, 3.05) is 5.32 Å². The van der Waals surface area contributed by atoms with Crippen LogP contribution in [0.1, 0.15) is 31.2 Å². The van der Waals surface area contributed by atoms with Crippen molar-refractivity contribution in [1.82, 2.24) is 5.32 Å². The molecular formula is C14H15ClF3N3. The molecule has 3 rings (SSSR count). The molecule has 1 heterocycles. The second-order valence-electron chi connectivity index (χ2n) is 5.37. The van der Waals surface area contributed by atoms with Gasteiger partial charge in [0.05, 0.1) is 28.4 Å². The second-order valence-corrected chi connectivity index (χ2v) is 5.77. The van der Waals surface area contributed by atoms with E-state index in [-0.39, 0.29) is 22.8 Å². The van der Waals surface area contributed by atoms with E-state index in [9.17, 15) is 13.2 Å². The van der Waals surface area contributed by atoms with Crippen LogP contribution in [0, 0.1) is 0 Å². The monoisotopic (exact) mass is 317 g/mol. The standard InChI is InChI=1S/C14H15ClF3N3/c15-9-5-3-4-8(14(16,17)18)12(9)21-13-19-10-6-1-2-7-11(10)20-13/h3-5,10-11H,1-2,6-7H2,(H2,19,20,21)/t10-,11?/m0/s1. The molecule has 1 aromatic rings. The van der Waals surface area contributed by atoms with Crippen molar-refractivity contribution in [3.05, 3.63) is 28.8 Å². The normalized spacial score (nSPS) is 25.0. The van der Waals surface area contributed by atoms with Crippen molar-refractivity contribution < 1.29 is 13.2 Å². The van der Waals surface area contributed by atoms with E-state index >= 15 is 0 Å². The van der Waals surface area contributed by atoms with Crippen LogP contribution in [-0.4, -0.2) is 18.0 Å². The van der Waals surface area contributed by atoms with Crippen LogP contribution in [0.2, 0.25) is 5.02 Å². The average Bonchev–Trinajstić information content (AvgIpc) is 2.82. The summed E-state index contributed by atoms with van der Waals surface area (Å²) in [7, 11) is 0. The van der Waals surface area contributed by atoms with Gasteiger partial charge in [0, 0.05) is 0 Å². The van der Waals surface area contributed by atoms with Crippen LogP contribution in [0.5, 0.6) is 0 Å². The van der Waals surface area contributed by atoms with Crippen molar-refractivity contribution in [3.63, 3.8) is 0 Å². The largest absolute Gasteiger partial charge is 0.418 e. The molecule has 0 aromatic heterocycles. The van der Waals surface area contributed by atoms with Crippen LogP contribution in [0.15, 0.2) is 23.2 Å². The molecule has 1 fully saturated rings. The Morgan fingerprint density at radius 1 is 1.24 bits per heavy atom. The van der Waals surface area contributed by atoms with E-state index in [1.54, 1.807) is 0 Å². The first-order valence-corrected chi connectivity index (χ1v) is 7.30. The van der Waals surface area contributed by atoms with Gasteiger partial charge >= 0.3 is 6.18 Å². The topological polar surface area (TPSA) is 36.4 Å². The minimum atomic E-state index is -4.46. The molecule has 1 aliphatic carbocycles. The first-order valence-electron chi connectivity index (χ1n) is 6.92. The number of nitrogens with zero attached hydrogens (tertiary/aromatic N) is 1. The zero-order valence-electron chi connectivity index (χ0n) is 11.2. The number of para-hydroxylation sites is 1. The quantitative estimate of drug-likeness (QED) is 0.820. The molecule has 1 aromatic carbocycles. The molecule has 2 N–H and O–H groups in total. The van der Waals surface area contributed by atoms with Crippen LogP contribution in [0.25, 0.3) is 0 Å². The number of benzene rings is 1. The molecular weight excluding hydrogens is 303 g/mol. The molecule has 2 aliphatic rings. The summed E-state index contributed by atoms with van der Waals surface area (Å²) in [6.07, 6.45) is -0.263. The summed E-state index contributed by atoms with van der Waals surface area (Å²) in [4.78, 5) is 4.44. The highest BCUT2D eigenvalue weighted by atomic mass is 35.5.